The Bertz CT molecular complexity index is 497. The van der Waals surface area contributed by atoms with Crippen LogP contribution in [0.5, 0.6) is 0 Å². The molecule has 1 saturated heterocycles. The Morgan fingerprint density at radius 3 is 3.06 bits per heavy atom. The van der Waals surface area contributed by atoms with Gasteiger partial charge >= 0.3 is 5.97 Å². The van der Waals surface area contributed by atoms with Crippen LogP contribution in [0.4, 0.5) is 0 Å². The van der Waals surface area contributed by atoms with Gasteiger partial charge in [-0.05, 0) is 12.8 Å². The second-order valence-corrected chi connectivity index (χ2v) is 6.51. The van der Waals surface area contributed by atoms with Crippen molar-refractivity contribution >= 4 is 27.3 Å². The number of thiazole rings is 1. The van der Waals surface area contributed by atoms with Crippen molar-refractivity contribution in [3.63, 3.8) is 0 Å². The van der Waals surface area contributed by atoms with Gasteiger partial charge in [-0.25, -0.2) is 13.4 Å². The van der Waals surface area contributed by atoms with Gasteiger partial charge in [0.1, 0.15) is 6.04 Å². The number of aromatic nitrogens is 1. The number of nitrogens with zero attached hydrogens (tertiary/aromatic N) is 2. The van der Waals surface area contributed by atoms with Crippen molar-refractivity contribution in [3.05, 3.63) is 11.7 Å². The predicted octanol–water partition coefficient (Wildman–Crippen LogP) is 0.269. The van der Waals surface area contributed by atoms with Crippen LogP contribution in [0.3, 0.4) is 0 Å². The van der Waals surface area contributed by atoms with Crippen molar-refractivity contribution in [1.82, 2.24) is 9.29 Å². The third-order valence-corrected chi connectivity index (χ3v) is 5.66. The van der Waals surface area contributed by atoms with Gasteiger partial charge < -0.3 is 4.74 Å². The highest BCUT2D eigenvalue weighted by Crippen LogP contribution is 2.28. The van der Waals surface area contributed by atoms with Gasteiger partial charge in [0, 0.05) is 6.54 Å². The quantitative estimate of drug-likeness (QED) is 0.740. The molecule has 0 spiro atoms. The second kappa shape index (κ2) is 4.71. The summed E-state index contributed by atoms with van der Waals surface area (Å²) < 4.78 is 30.3. The number of hydrogen-bond donors (Lipinski definition) is 0. The van der Waals surface area contributed by atoms with Crippen LogP contribution in [0.1, 0.15) is 12.8 Å². The van der Waals surface area contributed by atoms with E-state index >= 15 is 0 Å². The Morgan fingerprint density at radius 2 is 2.47 bits per heavy atom. The number of carbonyl (C=O) groups excluding carboxylic acids is 1. The molecule has 1 aromatic rings. The number of esters is 1. The summed E-state index contributed by atoms with van der Waals surface area (Å²) in [5.74, 6) is -0.514. The van der Waals surface area contributed by atoms with E-state index in [1.807, 2.05) is 0 Å². The summed E-state index contributed by atoms with van der Waals surface area (Å²) in [7, 11) is -2.39. The van der Waals surface area contributed by atoms with E-state index in [2.05, 4.69) is 15.2 Å². The third kappa shape index (κ3) is 2.20. The van der Waals surface area contributed by atoms with E-state index in [4.69, 9.17) is 0 Å². The van der Waals surface area contributed by atoms with Gasteiger partial charge in [0.25, 0.3) is 10.0 Å². The zero-order valence-electron chi connectivity index (χ0n) is 9.12. The number of ether oxygens (including phenoxy) is 1. The first kappa shape index (κ1) is 12.5. The Hall–Kier alpha value is -0.990. The van der Waals surface area contributed by atoms with Crippen molar-refractivity contribution in [2.24, 2.45) is 0 Å². The van der Waals surface area contributed by atoms with Gasteiger partial charge in [-0.3, -0.25) is 4.79 Å². The zero-order valence-corrected chi connectivity index (χ0v) is 10.8. The lowest BCUT2D eigenvalue weighted by Crippen LogP contribution is -2.40. The maximum atomic E-state index is 12.2. The van der Waals surface area contributed by atoms with E-state index in [1.165, 1.54) is 17.6 Å². The fourth-order valence-corrected chi connectivity index (χ4v) is 4.25. The number of sulfonamides is 1. The number of hydrogen-bond acceptors (Lipinski definition) is 6. The largest absolute Gasteiger partial charge is 0.468 e. The summed E-state index contributed by atoms with van der Waals surface area (Å²) in [6.07, 6.45) is 2.39. The summed E-state index contributed by atoms with van der Waals surface area (Å²) in [6.45, 7) is 0.333. The molecule has 0 N–H and O–H groups in total. The molecule has 0 saturated carbocycles. The molecule has 1 aromatic heterocycles. The molecule has 0 aliphatic carbocycles. The molecule has 1 aliphatic heterocycles. The molecule has 1 atom stereocenters. The number of methoxy groups -OCH3 is 1. The predicted molar refractivity (Wildman–Crippen MR) is 59.9 cm³/mol. The van der Waals surface area contributed by atoms with Crippen molar-refractivity contribution in [3.8, 4) is 0 Å². The van der Waals surface area contributed by atoms with Crippen LogP contribution in [0.2, 0.25) is 0 Å². The monoisotopic (exact) mass is 275 g/mol. The molecule has 93 valence electrons. The minimum atomic E-state index is -3.64. The fourth-order valence-electron chi connectivity index (χ4n) is 1.81. The molecule has 1 radical (unpaired) electrons. The van der Waals surface area contributed by atoms with E-state index in [1.54, 1.807) is 0 Å². The Kier molecular flexibility index (Phi) is 3.45. The average molecular weight is 275 g/mol. The SMILES string of the molecule is COC(=O)[C@@H]1CCCN1S(=O)(=O)c1cn[c]s1. The van der Waals surface area contributed by atoms with Crippen molar-refractivity contribution in [1.29, 1.82) is 0 Å². The molecule has 0 aromatic carbocycles. The van der Waals surface area contributed by atoms with Gasteiger partial charge in [-0.15, -0.1) is 0 Å². The highest BCUT2D eigenvalue weighted by molar-refractivity contribution is 7.91. The van der Waals surface area contributed by atoms with Crippen LogP contribution < -0.4 is 0 Å². The van der Waals surface area contributed by atoms with Crippen molar-refractivity contribution in [2.45, 2.75) is 23.1 Å². The summed E-state index contributed by atoms with van der Waals surface area (Å²) in [6, 6.07) is -0.716. The van der Waals surface area contributed by atoms with Crippen molar-refractivity contribution < 1.29 is 17.9 Å². The Balaban J connectivity index is 2.31. The van der Waals surface area contributed by atoms with Crippen LogP contribution in [-0.4, -0.2) is 43.4 Å². The molecule has 2 rings (SSSR count). The first-order valence-electron chi connectivity index (χ1n) is 4.99. The topological polar surface area (TPSA) is 76.6 Å². The summed E-state index contributed by atoms with van der Waals surface area (Å²) in [4.78, 5) is 15.1. The molecule has 1 fully saturated rings. The van der Waals surface area contributed by atoms with Crippen LogP contribution in [0.25, 0.3) is 0 Å². The van der Waals surface area contributed by atoms with Gasteiger partial charge in [0.2, 0.25) is 0 Å². The Morgan fingerprint density at radius 1 is 1.71 bits per heavy atom. The minimum Gasteiger partial charge on any atom is -0.468 e. The number of rotatable bonds is 3. The van der Waals surface area contributed by atoms with Crippen LogP contribution in [-0.2, 0) is 19.6 Å². The summed E-state index contributed by atoms with van der Waals surface area (Å²) in [5.41, 5.74) is 2.49. The lowest BCUT2D eigenvalue weighted by atomic mass is 10.2. The summed E-state index contributed by atoms with van der Waals surface area (Å²) in [5, 5.41) is 0. The zero-order chi connectivity index (χ0) is 12.5. The third-order valence-electron chi connectivity index (χ3n) is 2.61. The Labute approximate surface area is 103 Å². The number of carbonyl (C=O) groups is 1. The van der Waals surface area contributed by atoms with E-state index in [0.29, 0.717) is 19.4 Å². The molecule has 8 heteroatoms. The van der Waals surface area contributed by atoms with Gasteiger partial charge in [-0.2, -0.15) is 4.31 Å². The van der Waals surface area contributed by atoms with Gasteiger partial charge in [0.05, 0.1) is 13.3 Å². The summed E-state index contributed by atoms with van der Waals surface area (Å²) >= 11 is 0.920. The lowest BCUT2D eigenvalue weighted by molar-refractivity contribution is -0.144. The smallest absolute Gasteiger partial charge is 0.324 e. The molecule has 2 heterocycles. The normalized spacial score (nSPS) is 21.6. The molecule has 0 unspecified atom stereocenters. The fraction of sp³-hybridized carbons (Fsp3) is 0.556. The molecule has 17 heavy (non-hydrogen) atoms. The first-order valence-corrected chi connectivity index (χ1v) is 7.24. The lowest BCUT2D eigenvalue weighted by Gasteiger charge is -2.20. The maximum Gasteiger partial charge on any atom is 0.324 e. The van der Waals surface area contributed by atoms with E-state index < -0.39 is 22.0 Å². The van der Waals surface area contributed by atoms with E-state index in [9.17, 15) is 13.2 Å². The van der Waals surface area contributed by atoms with Crippen LogP contribution in [0.15, 0.2) is 10.4 Å². The molecule has 6 nitrogen and oxygen atoms in total. The highest BCUT2D eigenvalue weighted by atomic mass is 32.2. The molecule has 0 amide bonds. The van der Waals surface area contributed by atoms with Crippen LogP contribution in [0, 0.1) is 5.51 Å². The van der Waals surface area contributed by atoms with Crippen LogP contribution >= 0.6 is 11.3 Å². The first-order chi connectivity index (χ1) is 8.07. The van der Waals surface area contributed by atoms with Gasteiger partial charge in [0.15, 0.2) is 9.72 Å². The molecular weight excluding hydrogens is 264 g/mol. The van der Waals surface area contributed by atoms with Crippen molar-refractivity contribution in [2.75, 3.05) is 13.7 Å². The van der Waals surface area contributed by atoms with Gasteiger partial charge in [-0.1, -0.05) is 11.3 Å². The second-order valence-electron chi connectivity index (χ2n) is 3.57. The van der Waals surface area contributed by atoms with E-state index in [0.717, 1.165) is 11.3 Å². The highest BCUT2D eigenvalue weighted by Gasteiger charge is 2.40. The minimum absolute atomic E-state index is 0.105. The molecule has 1 aliphatic rings. The average Bonchev–Trinajstić information content (AvgIpc) is 2.98. The molecule has 0 bridgehead atoms. The standard InChI is InChI=1S/C9H11N2O4S2/c1-15-9(12)7-3-2-4-11(7)17(13,14)8-5-10-6-16-8/h5,7H,2-4H2,1H3/t7-/m0/s1. The van der Waals surface area contributed by atoms with E-state index in [-0.39, 0.29) is 4.21 Å². The maximum absolute atomic E-state index is 12.2. The molecular formula is C9H11N2O4S2.